The quantitative estimate of drug-likeness (QED) is 0.671. The van der Waals surface area contributed by atoms with E-state index in [0.717, 1.165) is 45.0 Å². The molecule has 1 N–H and O–H groups in total. The Balaban J connectivity index is 1.76. The Labute approximate surface area is 95.5 Å². The molecule has 4 aliphatic rings. The molecule has 0 aromatic rings. The third-order valence-corrected chi connectivity index (χ3v) is 3.83. The van der Waals surface area contributed by atoms with Gasteiger partial charge in [-0.1, -0.05) is 6.92 Å². The van der Waals surface area contributed by atoms with Crippen LogP contribution in [-0.2, 0) is 4.79 Å². The van der Waals surface area contributed by atoms with Crippen molar-refractivity contribution in [2.75, 3.05) is 32.7 Å². The van der Waals surface area contributed by atoms with Crippen molar-refractivity contribution < 1.29 is 4.79 Å². The molecule has 3 saturated heterocycles. The van der Waals surface area contributed by atoms with Gasteiger partial charge in [0.1, 0.15) is 11.9 Å². The zero-order chi connectivity index (χ0) is 11.1. The maximum absolute atomic E-state index is 11.6. The van der Waals surface area contributed by atoms with Gasteiger partial charge in [0, 0.05) is 32.7 Å². The molecule has 5 nitrogen and oxygen atoms in total. The van der Waals surface area contributed by atoms with E-state index in [9.17, 15) is 4.79 Å². The van der Waals surface area contributed by atoms with E-state index in [2.05, 4.69) is 20.1 Å². The highest BCUT2D eigenvalue weighted by atomic mass is 16.2. The summed E-state index contributed by atoms with van der Waals surface area (Å²) in [7, 11) is 0. The van der Waals surface area contributed by atoms with Gasteiger partial charge in [-0.25, -0.2) is 0 Å². The van der Waals surface area contributed by atoms with Gasteiger partial charge in [0.15, 0.2) is 0 Å². The zero-order valence-corrected chi connectivity index (χ0v) is 9.65. The van der Waals surface area contributed by atoms with Crippen molar-refractivity contribution in [3.05, 3.63) is 0 Å². The molecular formula is C11H18N4O. The molecule has 1 amide bonds. The molecule has 0 saturated carbocycles. The third kappa shape index (κ3) is 1.55. The van der Waals surface area contributed by atoms with E-state index in [0.29, 0.717) is 6.04 Å². The Morgan fingerprint density at radius 2 is 2.12 bits per heavy atom. The lowest BCUT2D eigenvalue weighted by Gasteiger charge is -2.47. The third-order valence-electron chi connectivity index (χ3n) is 3.83. The highest BCUT2D eigenvalue weighted by Gasteiger charge is 2.38. The van der Waals surface area contributed by atoms with Gasteiger partial charge in [0.25, 0.3) is 0 Å². The summed E-state index contributed by atoms with van der Waals surface area (Å²) in [5, 5.41) is 2.95. The van der Waals surface area contributed by atoms with Crippen molar-refractivity contribution in [1.29, 1.82) is 0 Å². The molecular weight excluding hydrogens is 204 g/mol. The average Bonchev–Trinajstić information content (AvgIpc) is 2.72. The second-order valence-electron chi connectivity index (χ2n) is 4.78. The standard InChI is InChI=1S/C11H18N4O/c1-2-8-11(16)13-10(12-8)9-7-14-3-5-15(9)6-4-14/h8-9H,2-7H2,1H3,(H,12,13,16). The van der Waals surface area contributed by atoms with E-state index in [-0.39, 0.29) is 11.9 Å². The van der Waals surface area contributed by atoms with Crippen LogP contribution < -0.4 is 5.32 Å². The number of piperazine rings is 3. The van der Waals surface area contributed by atoms with E-state index in [1.807, 2.05) is 6.92 Å². The molecule has 4 heterocycles. The van der Waals surface area contributed by atoms with E-state index in [1.54, 1.807) is 0 Å². The molecule has 5 heteroatoms. The smallest absolute Gasteiger partial charge is 0.250 e. The van der Waals surface area contributed by atoms with Crippen molar-refractivity contribution in [3.63, 3.8) is 0 Å². The molecule has 0 aromatic carbocycles. The number of nitrogens with one attached hydrogen (secondary N) is 1. The number of aliphatic imine (C=N–C) groups is 1. The van der Waals surface area contributed by atoms with Gasteiger partial charge in [-0.2, -0.15) is 0 Å². The molecule has 3 fully saturated rings. The van der Waals surface area contributed by atoms with Crippen molar-refractivity contribution in [2.24, 2.45) is 4.99 Å². The number of amides is 1. The van der Waals surface area contributed by atoms with Crippen LogP contribution in [0.1, 0.15) is 13.3 Å². The molecule has 88 valence electrons. The summed E-state index contributed by atoms with van der Waals surface area (Å²) >= 11 is 0. The Morgan fingerprint density at radius 3 is 2.62 bits per heavy atom. The first-order valence-corrected chi connectivity index (χ1v) is 6.13. The number of rotatable bonds is 2. The Morgan fingerprint density at radius 1 is 1.38 bits per heavy atom. The minimum absolute atomic E-state index is 0.0788. The highest BCUT2D eigenvalue weighted by Crippen LogP contribution is 2.18. The number of carbonyl (C=O) groups excluding carboxylic acids is 1. The van der Waals surface area contributed by atoms with Crippen LogP contribution in [0.2, 0.25) is 0 Å². The summed E-state index contributed by atoms with van der Waals surface area (Å²) in [5.74, 6) is 0.983. The van der Waals surface area contributed by atoms with E-state index in [4.69, 9.17) is 0 Å². The summed E-state index contributed by atoms with van der Waals surface area (Å²) in [6, 6.07) is 0.176. The molecule has 0 radical (unpaired) electrons. The molecule has 2 bridgehead atoms. The second kappa shape index (κ2) is 3.82. The summed E-state index contributed by atoms with van der Waals surface area (Å²) in [4.78, 5) is 21.0. The first-order chi connectivity index (χ1) is 7.78. The fraction of sp³-hybridized carbons (Fsp3) is 0.818. The molecule has 0 aliphatic carbocycles. The first-order valence-electron chi connectivity index (χ1n) is 6.13. The number of amidine groups is 1. The SMILES string of the molecule is CCC1N=C(C2CN3CCN2CC3)NC1=O. The van der Waals surface area contributed by atoms with Gasteiger partial charge in [0.2, 0.25) is 5.91 Å². The van der Waals surface area contributed by atoms with Crippen LogP contribution in [0.5, 0.6) is 0 Å². The van der Waals surface area contributed by atoms with Crippen LogP contribution in [-0.4, -0.2) is 66.4 Å². The van der Waals surface area contributed by atoms with Crippen molar-refractivity contribution in [2.45, 2.75) is 25.4 Å². The predicted octanol–water partition coefficient (Wildman–Crippen LogP) is -0.707. The Bertz CT molecular complexity index is 333. The van der Waals surface area contributed by atoms with Crippen LogP contribution in [0.4, 0.5) is 0 Å². The van der Waals surface area contributed by atoms with Gasteiger partial charge < -0.3 is 5.32 Å². The summed E-state index contributed by atoms with van der Waals surface area (Å²) < 4.78 is 0. The normalized spacial score (nSPS) is 42.1. The molecule has 2 unspecified atom stereocenters. The van der Waals surface area contributed by atoms with Crippen LogP contribution >= 0.6 is 0 Å². The molecule has 16 heavy (non-hydrogen) atoms. The zero-order valence-electron chi connectivity index (χ0n) is 9.65. The number of hydrogen-bond donors (Lipinski definition) is 1. The fourth-order valence-electron chi connectivity index (χ4n) is 2.79. The average molecular weight is 222 g/mol. The summed E-state index contributed by atoms with van der Waals surface area (Å²) in [6.07, 6.45) is 0.797. The second-order valence-corrected chi connectivity index (χ2v) is 4.78. The van der Waals surface area contributed by atoms with Crippen LogP contribution in [0, 0.1) is 0 Å². The maximum atomic E-state index is 11.6. The van der Waals surface area contributed by atoms with E-state index in [1.165, 1.54) is 0 Å². The fourth-order valence-corrected chi connectivity index (χ4v) is 2.79. The monoisotopic (exact) mass is 222 g/mol. The van der Waals surface area contributed by atoms with Gasteiger partial charge in [-0.15, -0.1) is 0 Å². The lowest BCUT2D eigenvalue weighted by atomic mass is 10.1. The summed E-state index contributed by atoms with van der Waals surface area (Å²) in [5.41, 5.74) is 0. The van der Waals surface area contributed by atoms with E-state index < -0.39 is 0 Å². The topological polar surface area (TPSA) is 47.9 Å². The highest BCUT2D eigenvalue weighted by molar-refractivity contribution is 6.08. The number of fused-ring (bicyclic) bond motifs is 3. The Kier molecular flexibility index (Phi) is 2.44. The molecule has 2 atom stereocenters. The van der Waals surface area contributed by atoms with Crippen LogP contribution in [0.3, 0.4) is 0 Å². The maximum Gasteiger partial charge on any atom is 0.250 e. The lowest BCUT2D eigenvalue weighted by molar-refractivity contribution is -0.120. The van der Waals surface area contributed by atoms with Gasteiger partial charge in [-0.05, 0) is 6.42 Å². The van der Waals surface area contributed by atoms with Crippen LogP contribution in [0.25, 0.3) is 0 Å². The van der Waals surface area contributed by atoms with Crippen molar-refractivity contribution >= 4 is 11.7 Å². The Hall–Kier alpha value is -0.940. The molecule has 4 aliphatic heterocycles. The minimum Gasteiger partial charge on any atom is -0.311 e. The van der Waals surface area contributed by atoms with Crippen molar-refractivity contribution in [3.8, 4) is 0 Å². The van der Waals surface area contributed by atoms with Gasteiger partial charge >= 0.3 is 0 Å². The number of carbonyl (C=O) groups is 1. The molecule has 0 aromatic heterocycles. The minimum atomic E-state index is -0.147. The van der Waals surface area contributed by atoms with E-state index >= 15 is 0 Å². The molecule has 0 spiro atoms. The summed E-state index contributed by atoms with van der Waals surface area (Å²) in [6.45, 7) is 7.57. The lowest BCUT2D eigenvalue weighted by Crippen LogP contribution is -2.64. The van der Waals surface area contributed by atoms with Crippen molar-refractivity contribution in [1.82, 2.24) is 15.1 Å². The number of nitrogens with zero attached hydrogens (tertiary/aromatic N) is 3. The number of hydrogen-bond acceptors (Lipinski definition) is 4. The first kappa shape index (κ1) is 10.2. The van der Waals surface area contributed by atoms with Crippen LogP contribution in [0.15, 0.2) is 4.99 Å². The molecule has 4 rings (SSSR count). The largest absolute Gasteiger partial charge is 0.311 e. The van der Waals surface area contributed by atoms with Gasteiger partial charge in [0.05, 0.1) is 6.04 Å². The predicted molar refractivity (Wildman–Crippen MR) is 61.5 cm³/mol. The van der Waals surface area contributed by atoms with Gasteiger partial charge in [-0.3, -0.25) is 19.6 Å².